The zero-order chi connectivity index (χ0) is 31.4. The standard InChI is InChI=1S/C30H35FN7O4P/c1-17-13-37-16-20(11-22(31)27(37)33-17)34-28(39)21-9-10-23(26-25(21)32-12-24(35-26)43(7,8)41)36-14-18(2)38(19(3)15-36)29(40)42-30(4,5)6/h9-13,16,19H,2,14-15H2,1,3-8H3,(H,34,39)/t19-/m0/s1. The number of pyridine rings is 1. The summed E-state index contributed by atoms with van der Waals surface area (Å²) in [5.41, 5.74) is 2.77. The van der Waals surface area contributed by atoms with E-state index in [0.717, 1.165) is 0 Å². The van der Waals surface area contributed by atoms with Crippen LogP contribution in [0.25, 0.3) is 16.7 Å². The number of anilines is 2. The summed E-state index contributed by atoms with van der Waals surface area (Å²) < 4.78 is 34.7. The molecule has 1 aromatic carbocycles. The number of piperazine rings is 1. The van der Waals surface area contributed by atoms with Crippen LogP contribution in [0, 0.1) is 12.7 Å². The number of ether oxygens (including phenoxy) is 1. The van der Waals surface area contributed by atoms with Gasteiger partial charge < -0.3 is 23.9 Å². The number of rotatable bonds is 4. The fourth-order valence-electron chi connectivity index (χ4n) is 5.10. The average Bonchev–Trinajstić information content (AvgIpc) is 3.26. The molecule has 3 aromatic heterocycles. The summed E-state index contributed by atoms with van der Waals surface area (Å²) in [7, 11) is -2.80. The maximum absolute atomic E-state index is 14.7. The molecule has 226 valence electrons. The maximum Gasteiger partial charge on any atom is 0.414 e. The minimum atomic E-state index is -2.80. The average molecular weight is 608 g/mol. The van der Waals surface area contributed by atoms with E-state index >= 15 is 0 Å². The number of benzene rings is 1. The van der Waals surface area contributed by atoms with Gasteiger partial charge in [-0.2, -0.15) is 0 Å². The van der Waals surface area contributed by atoms with Crippen molar-refractivity contribution in [3.63, 3.8) is 0 Å². The number of nitrogens with zero attached hydrogens (tertiary/aromatic N) is 6. The topological polar surface area (TPSA) is 122 Å². The van der Waals surface area contributed by atoms with Crippen LogP contribution in [0.3, 0.4) is 0 Å². The minimum Gasteiger partial charge on any atom is -0.443 e. The Bertz CT molecular complexity index is 1840. The second-order valence-corrected chi connectivity index (χ2v) is 15.4. The second kappa shape index (κ2) is 10.8. The Kier molecular flexibility index (Phi) is 7.54. The van der Waals surface area contributed by atoms with E-state index in [2.05, 4.69) is 21.9 Å². The summed E-state index contributed by atoms with van der Waals surface area (Å²) in [6.45, 7) is 17.1. The van der Waals surface area contributed by atoms with E-state index in [4.69, 9.17) is 9.72 Å². The number of hydrogen-bond donors (Lipinski definition) is 1. The van der Waals surface area contributed by atoms with Crippen LogP contribution in [0.4, 0.5) is 20.6 Å². The van der Waals surface area contributed by atoms with E-state index < -0.39 is 30.6 Å². The highest BCUT2D eigenvalue weighted by Crippen LogP contribution is 2.36. The zero-order valence-corrected chi connectivity index (χ0v) is 26.2. The minimum absolute atomic E-state index is 0.162. The lowest BCUT2D eigenvalue weighted by Gasteiger charge is -2.42. The molecule has 4 aromatic rings. The molecule has 4 heterocycles. The number of aromatic nitrogens is 4. The lowest BCUT2D eigenvalue weighted by atomic mass is 10.1. The van der Waals surface area contributed by atoms with Gasteiger partial charge in [-0.25, -0.2) is 19.2 Å². The first-order chi connectivity index (χ1) is 20.0. The third-order valence-corrected chi connectivity index (χ3v) is 8.24. The molecule has 0 unspecified atom stereocenters. The number of amides is 2. The van der Waals surface area contributed by atoms with Gasteiger partial charge in [0, 0.05) is 30.7 Å². The summed E-state index contributed by atoms with van der Waals surface area (Å²) in [5.74, 6) is -1.09. The molecule has 13 heteroatoms. The molecule has 0 aliphatic carbocycles. The number of imidazole rings is 1. The third-order valence-electron chi connectivity index (χ3n) is 6.92. The Morgan fingerprint density at radius 1 is 1.16 bits per heavy atom. The van der Waals surface area contributed by atoms with E-state index in [1.54, 1.807) is 49.7 Å². The molecule has 0 spiro atoms. The van der Waals surface area contributed by atoms with E-state index in [9.17, 15) is 18.5 Å². The molecule has 1 aliphatic rings. The summed E-state index contributed by atoms with van der Waals surface area (Å²) >= 11 is 0. The number of halogens is 1. The van der Waals surface area contributed by atoms with Crippen molar-refractivity contribution in [1.29, 1.82) is 0 Å². The van der Waals surface area contributed by atoms with Crippen LogP contribution in [-0.2, 0) is 9.30 Å². The SMILES string of the molecule is C=C1CN(c2ccc(C(=O)Nc3cc(F)c4nc(C)cn4c3)c3ncc(P(C)(C)=O)nc23)C[C@H](C)N1C(=O)OC(C)(C)C. The van der Waals surface area contributed by atoms with E-state index in [0.29, 0.717) is 40.1 Å². The number of carbonyl (C=O) groups is 2. The Labute approximate surface area is 249 Å². The molecule has 1 saturated heterocycles. The van der Waals surface area contributed by atoms with Gasteiger partial charge in [0.05, 0.1) is 41.4 Å². The summed E-state index contributed by atoms with van der Waals surface area (Å²) in [4.78, 5) is 43.4. The zero-order valence-electron chi connectivity index (χ0n) is 25.3. The molecule has 0 saturated carbocycles. The Morgan fingerprint density at radius 3 is 2.53 bits per heavy atom. The van der Waals surface area contributed by atoms with Crippen LogP contribution < -0.4 is 15.7 Å². The summed E-state index contributed by atoms with van der Waals surface area (Å²) in [5, 5.41) is 2.75. The molecule has 11 nitrogen and oxygen atoms in total. The van der Waals surface area contributed by atoms with Crippen LogP contribution >= 0.6 is 7.14 Å². The van der Waals surface area contributed by atoms with Gasteiger partial charge in [0.15, 0.2) is 11.5 Å². The highest BCUT2D eigenvalue weighted by Gasteiger charge is 2.35. The number of carbonyl (C=O) groups excluding carboxylic acids is 2. The molecule has 1 N–H and O–H groups in total. The van der Waals surface area contributed by atoms with E-state index in [1.807, 2.05) is 32.6 Å². The van der Waals surface area contributed by atoms with Gasteiger partial charge >= 0.3 is 6.09 Å². The van der Waals surface area contributed by atoms with Crippen molar-refractivity contribution in [3.05, 3.63) is 66.1 Å². The number of fused-ring (bicyclic) bond motifs is 2. The summed E-state index contributed by atoms with van der Waals surface area (Å²) in [6, 6.07) is 4.30. The fraction of sp³-hybridized carbons (Fsp3) is 0.367. The Hall–Kier alpha value is -4.31. The van der Waals surface area contributed by atoms with Gasteiger partial charge in [0.1, 0.15) is 29.2 Å². The van der Waals surface area contributed by atoms with Gasteiger partial charge in [-0.15, -0.1) is 0 Å². The van der Waals surface area contributed by atoms with Crippen molar-refractivity contribution in [2.75, 3.05) is 36.6 Å². The van der Waals surface area contributed by atoms with Crippen molar-refractivity contribution in [2.45, 2.75) is 46.3 Å². The van der Waals surface area contributed by atoms with Crippen LogP contribution in [0.2, 0.25) is 0 Å². The van der Waals surface area contributed by atoms with Crippen molar-refractivity contribution in [1.82, 2.24) is 24.3 Å². The molecular formula is C30H35FN7O4P. The first-order valence-electron chi connectivity index (χ1n) is 13.8. The van der Waals surface area contributed by atoms with Crippen LogP contribution in [0.1, 0.15) is 43.7 Å². The van der Waals surface area contributed by atoms with E-state index in [-0.39, 0.29) is 29.5 Å². The predicted molar refractivity (Wildman–Crippen MR) is 165 cm³/mol. The summed E-state index contributed by atoms with van der Waals surface area (Å²) in [6.07, 6.45) is 4.20. The largest absolute Gasteiger partial charge is 0.443 e. The number of aryl methyl sites for hydroxylation is 1. The molecule has 1 fully saturated rings. The second-order valence-electron chi connectivity index (χ2n) is 12.2. The highest BCUT2D eigenvalue weighted by molar-refractivity contribution is 7.69. The van der Waals surface area contributed by atoms with Crippen molar-refractivity contribution in [3.8, 4) is 0 Å². The first-order valence-corrected chi connectivity index (χ1v) is 16.4. The Morgan fingerprint density at radius 2 is 1.88 bits per heavy atom. The normalized spacial score (nSPS) is 16.2. The number of hydrogen-bond acceptors (Lipinski definition) is 8. The van der Waals surface area contributed by atoms with Gasteiger partial charge in [-0.05, 0) is 60.1 Å². The third kappa shape index (κ3) is 6.10. The molecule has 0 bridgehead atoms. The van der Waals surface area contributed by atoms with Crippen molar-refractivity contribution in [2.24, 2.45) is 0 Å². The van der Waals surface area contributed by atoms with Crippen molar-refractivity contribution >= 4 is 52.6 Å². The molecule has 5 rings (SSSR count). The van der Waals surface area contributed by atoms with Crippen LogP contribution in [-0.4, -0.2) is 74.3 Å². The molecule has 1 atom stereocenters. The lowest BCUT2D eigenvalue weighted by Crippen LogP contribution is -2.53. The molecular weight excluding hydrogens is 572 g/mol. The smallest absolute Gasteiger partial charge is 0.414 e. The van der Waals surface area contributed by atoms with Crippen LogP contribution in [0.5, 0.6) is 0 Å². The van der Waals surface area contributed by atoms with Gasteiger partial charge in [0.25, 0.3) is 5.91 Å². The quantitative estimate of drug-likeness (QED) is 0.315. The maximum atomic E-state index is 14.7. The molecule has 1 aliphatic heterocycles. The fourth-order valence-corrected chi connectivity index (χ4v) is 5.77. The monoisotopic (exact) mass is 607 g/mol. The predicted octanol–water partition coefficient (Wildman–Crippen LogP) is 5.18. The molecule has 2 amide bonds. The Balaban J connectivity index is 1.52. The number of nitrogens with one attached hydrogen (secondary N) is 1. The van der Waals surface area contributed by atoms with Gasteiger partial charge in [-0.3, -0.25) is 14.7 Å². The van der Waals surface area contributed by atoms with Crippen LogP contribution in [0.15, 0.2) is 49.1 Å². The highest BCUT2D eigenvalue weighted by atomic mass is 31.2. The first kappa shape index (κ1) is 30.2. The lowest BCUT2D eigenvalue weighted by molar-refractivity contribution is 0.0238. The molecule has 43 heavy (non-hydrogen) atoms. The molecule has 0 radical (unpaired) electrons. The van der Waals surface area contributed by atoms with E-state index in [1.165, 1.54) is 16.7 Å². The van der Waals surface area contributed by atoms with Crippen molar-refractivity contribution < 1.29 is 23.3 Å². The van der Waals surface area contributed by atoms with Gasteiger partial charge in [-0.1, -0.05) is 6.58 Å². The van der Waals surface area contributed by atoms with Gasteiger partial charge in [0.2, 0.25) is 0 Å².